The van der Waals surface area contributed by atoms with E-state index in [0.29, 0.717) is 22.4 Å². The van der Waals surface area contributed by atoms with Crippen molar-refractivity contribution in [3.8, 4) is 11.5 Å². The largest absolute Gasteiger partial charge is 0.454 e. The molecule has 0 spiro atoms. The second-order valence-electron chi connectivity index (χ2n) is 3.16. The van der Waals surface area contributed by atoms with Gasteiger partial charge in [-0.2, -0.15) is 4.39 Å². The first-order valence-electron chi connectivity index (χ1n) is 4.29. The van der Waals surface area contributed by atoms with Crippen molar-refractivity contribution in [1.82, 2.24) is 4.98 Å². The molecular formula is C10H5F2NO2. The Balaban J connectivity index is 2.34. The van der Waals surface area contributed by atoms with Crippen LogP contribution in [0.1, 0.15) is 0 Å². The predicted molar refractivity (Wildman–Crippen MR) is 47.8 cm³/mol. The monoisotopic (exact) mass is 209 g/mol. The number of pyridine rings is 1. The quantitative estimate of drug-likeness (QED) is 0.623. The standard InChI is InChI=1S/C10H5F2NO2/c11-6-1-5-2-8-9(15-4-14-8)3-7(5)13-10(6)12/h1-3H,4H2. The molecule has 1 aliphatic heterocycles. The number of halogens is 2. The molecule has 0 saturated carbocycles. The molecule has 76 valence electrons. The second kappa shape index (κ2) is 2.79. The number of nitrogens with zero attached hydrogens (tertiary/aromatic N) is 1. The molecule has 0 radical (unpaired) electrons. The summed E-state index contributed by atoms with van der Waals surface area (Å²) in [6.45, 7) is 0.122. The third-order valence-electron chi connectivity index (χ3n) is 2.22. The van der Waals surface area contributed by atoms with Gasteiger partial charge in [-0.3, -0.25) is 0 Å². The van der Waals surface area contributed by atoms with Gasteiger partial charge in [-0.15, -0.1) is 0 Å². The molecule has 15 heavy (non-hydrogen) atoms. The van der Waals surface area contributed by atoms with Crippen LogP contribution < -0.4 is 9.47 Å². The summed E-state index contributed by atoms with van der Waals surface area (Å²) in [5, 5.41) is 0.484. The van der Waals surface area contributed by atoms with Crippen molar-refractivity contribution in [2.45, 2.75) is 0 Å². The molecule has 0 fully saturated rings. The van der Waals surface area contributed by atoms with E-state index in [-0.39, 0.29) is 6.79 Å². The van der Waals surface area contributed by atoms with Crippen molar-refractivity contribution in [2.24, 2.45) is 0 Å². The molecule has 3 rings (SSSR count). The molecule has 0 unspecified atom stereocenters. The molecule has 5 heteroatoms. The van der Waals surface area contributed by atoms with Crippen LogP contribution in [0.4, 0.5) is 8.78 Å². The summed E-state index contributed by atoms with van der Waals surface area (Å²) in [7, 11) is 0. The first kappa shape index (κ1) is 8.40. The maximum absolute atomic E-state index is 12.9. The number of rotatable bonds is 0. The molecule has 1 aromatic heterocycles. The van der Waals surface area contributed by atoms with Gasteiger partial charge in [-0.05, 0) is 12.1 Å². The number of hydrogen-bond acceptors (Lipinski definition) is 3. The van der Waals surface area contributed by atoms with Gasteiger partial charge in [0.15, 0.2) is 17.3 Å². The summed E-state index contributed by atoms with van der Waals surface area (Å²) in [5.41, 5.74) is 0.346. The highest BCUT2D eigenvalue weighted by Crippen LogP contribution is 2.35. The van der Waals surface area contributed by atoms with Gasteiger partial charge in [0.1, 0.15) is 0 Å². The van der Waals surface area contributed by atoms with E-state index in [0.717, 1.165) is 6.07 Å². The third kappa shape index (κ3) is 1.20. The Morgan fingerprint density at radius 2 is 1.80 bits per heavy atom. The lowest BCUT2D eigenvalue weighted by Gasteiger charge is -2.00. The van der Waals surface area contributed by atoms with Gasteiger partial charge in [0.05, 0.1) is 5.52 Å². The molecule has 1 aromatic carbocycles. The molecule has 2 heterocycles. The number of hydrogen-bond donors (Lipinski definition) is 0. The molecule has 0 atom stereocenters. The highest BCUT2D eigenvalue weighted by molar-refractivity contribution is 5.82. The van der Waals surface area contributed by atoms with Crippen molar-refractivity contribution in [2.75, 3.05) is 6.79 Å². The summed E-state index contributed by atoms with van der Waals surface area (Å²) in [6.07, 6.45) is 0. The summed E-state index contributed by atoms with van der Waals surface area (Å²) in [5.74, 6) is -1.06. The average Bonchev–Trinajstić information content (AvgIpc) is 2.63. The van der Waals surface area contributed by atoms with E-state index in [1.165, 1.54) is 6.07 Å². The first-order chi connectivity index (χ1) is 7.24. The van der Waals surface area contributed by atoms with Crippen LogP contribution in [0, 0.1) is 11.8 Å². The lowest BCUT2D eigenvalue weighted by Crippen LogP contribution is -1.92. The van der Waals surface area contributed by atoms with Gasteiger partial charge in [-0.1, -0.05) is 0 Å². The van der Waals surface area contributed by atoms with Crippen molar-refractivity contribution < 1.29 is 18.3 Å². The van der Waals surface area contributed by atoms with Crippen molar-refractivity contribution >= 4 is 10.9 Å². The minimum atomic E-state index is -1.11. The lowest BCUT2D eigenvalue weighted by atomic mass is 10.2. The SMILES string of the molecule is Fc1cc2cc3c(cc2nc1F)OCO3. The predicted octanol–water partition coefficient (Wildman–Crippen LogP) is 2.24. The van der Waals surface area contributed by atoms with Crippen molar-refractivity contribution in [3.05, 3.63) is 30.0 Å². The van der Waals surface area contributed by atoms with Gasteiger partial charge in [0, 0.05) is 11.5 Å². The molecular weight excluding hydrogens is 204 g/mol. The average molecular weight is 209 g/mol. The zero-order valence-corrected chi connectivity index (χ0v) is 7.46. The van der Waals surface area contributed by atoms with Crippen molar-refractivity contribution in [3.63, 3.8) is 0 Å². The smallest absolute Gasteiger partial charge is 0.249 e. The van der Waals surface area contributed by atoms with Gasteiger partial charge < -0.3 is 9.47 Å². The second-order valence-corrected chi connectivity index (χ2v) is 3.16. The highest BCUT2D eigenvalue weighted by Gasteiger charge is 2.16. The third-order valence-corrected chi connectivity index (χ3v) is 2.22. The van der Waals surface area contributed by atoms with Gasteiger partial charge in [0.2, 0.25) is 12.7 Å². The molecule has 0 bridgehead atoms. The molecule has 0 saturated heterocycles. The van der Waals surface area contributed by atoms with Crippen LogP contribution in [0.15, 0.2) is 18.2 Å². The van der Waals surface area contributed by atoms with Gasteiger partial charge in [-0.25, -0.2) is 9.37 Å². The van der Waals surface area contributed by atoms with Crippen LogP contribution in [0.2, 0.25) is 0 Å². The Hall–Kier alpha value is -1.91. The number of ether oxygens (including phenoxy) is 2. The molecule has 2 aromatic rings. The Kier molecular flexibility index (Phi) is 1.56. The summed E-state index contributed by atoms with van der Waals surface area (Å²) in [6, 6.07) is 4.19. The fraction of sp³-hybridized carbons (Fsp3) is 0.100. The van der Waals surface area contributed by atoms with Gasteiger partial charge in [0.25, 0.3) is 0 Å². The minimum absolute atomic E-state index is 0.122. The molecule has 0 amide bonds. The van der Waals surface area contributed by atoms with E-state index in [1.54, 1.807) is 6.07 Å². The first-order valence-corrected chi connectivity index (χ1v) is 4.29. The fourth-order valence-corrected chi connectivity index (χ4v) is 1.51. The molecule has 0 aliphatic carbocycles. The Morgan fingerprint density at radius 1 is 1.07 bits per heavy atom. The van der Waals surface area contributed by atoms with E-state index in [2.05, 4.69) is 4.98 Å². The van der Waals surface area contributed by atoms with Crippen LogP contribution in [0.5, 0.6) is 11.5 Å². The van der Waals surface area contributed by atoms with E-state index in [9.17, 15) is 8.78 Å². The van der Waals surface area contributed by atoms with E-state index in [4.69, 9.17) is 9.47 Å². The maximum atomic E-state index is 12.9. The molecule has 0 N–H and O–H groups in total. The normalized spacial score (nSPS) is 13.5. The van der Waals surface area contributed by atoms with Crippen LogP contribution >= 0.6 is 0 Å². The van der Waals surface area contributed by atoms with E-state index in [1.807, 2.05) is 0 Å². The fourth-order valence-electron chi connectivity index (χ4n) is 1.51. The Bertz CT molecular complexity index is 508. The number of benzene rings is 1. The molecule has 3 nitrogen and oxygen atoms in total. The summed E-state index contributed by atoms with van der Waals surface area (Å²) in [4.78, 5) is 3.48. The Morgan fingerprint density at radius 3 is 2.60 bits per heavy atom. The topological polar surface area (TPSA) is 31.4 Å². The van der Waals surface area contributed by atoms with Crippen molar-refractivity contribution in [1.29, 1.82) is 0 Å². The lowest BCUT2D eigenvalue weighted by molar-refractivity contribution is 0.174. The molecule has 1 aliphatic rings. The van der Waals surface area contributed by atoms with Crippen LogP contribution in [0.25, 0.3) is 10.9 Å². The van der Waals surface area contributed by atoms with E-state index >= 15 is 0 Å². The number of fused-ring (bicyclic) bond motifs is 2. The van der Waals surface area contributed by atoms with Crippen LogP contribution in [0.3, 0.4) is 0 Å². The Labute approximate surface area is 83.2 Å². The van der Waals surface area contributed by atoms with E-state index < -0.39 is 11.8 Å². The number of aromatic nitrogens is 1. The van der Waals surface area contributed by atoms with Crippen LogP contribution in [-0.2, 0) is 0 Å². The zero-order chi connectivity index (χ0) is 10.4. The summed E-state index contributed by atoms with van der Waals surface area (Å²) >= 11 is 0. The van der Waals surface area contributed by atoms with Gasteiger partial charge >= 0.3 is 0 Å². The summed E-state index contributed by atoms with van der Waals surface area (Å²) < 4.78 is 35.9. The van der Waals surface area contributed by atoms with Crippen LogP contribution in [-0.4, -0.2) is 11.8 Å². The minimum Gasteiger partial charge on any atom is -0.454 e. The zero-order valence-electron chi connectivity index (χ0n) is 7.46. The maximum Gasteiger partial charge on any atom is 0.249 e. The highest BCUT2D eigenvalue weighted by atomic mass is 19.2.